The first kappa shape index (κ1) is 30.9. The van der Waals surface area contributed by atoms with Crippen molar-refractivity contribution in [2.75, 3.05) is 17.2 Å². The molecule has 1 aliphatic rings. The molecule has 1 fully saturated rings. The molecule has 4 aromatic rings. The molecule has 0 radical (unpaired) electrons. The minimum absolute atomic E-state index is 0.133. The van der Waals surface area contributed by atoms with E-state index in [1.807, 2.05) is 52.0 Å². The van der Waals surface area contributed by atoms with Gasteiger partial charge in [0.2, 0.25) is 5.95 Å². The number of nitrogens with zero attached hydrogens (tertiary/aromatic N) is 5. The van der Waals surface area contributed by atoms with Gasteiger partial charge in [-0.3, -0.25) is 14.6 Å². The molecule has 5 rings (SSSR count). The van der Waals surface area contributed by atoms with E-state index in [-0.39, 0.29) is 5.91 Å². The molecule has 0 saturated heterocycles. The van der Waals surface area contributed by atoms with E-state index in [2.05, 4.69) is 36.0 Å². The third kappa shape index (κ3) is 7.15. The number of fused-ring (bicyclic) bond motifs is 1. The van der Waals surface area contributed by atoms with Crippen LogP contribution >= 0.6 is 0 Å². The number of pyridine rings is 1. The van der Waals surface area contributed by atoms with Crippen molar-refractivity contribution in [3.05, 3.63) is 59.5 Å². The van der Waals surface area contributed by atoms with Gasteiger partial charge in [-0.1, -0.05) is 65.0 Å². The standard InChI is InChI=1S/C33H42N8O3/c1-20-26(17-23(18-35-20)30(42)34-16-15-21-9-7-6-8-10-21)38-28-25-19-36-32(39-29(25)41(5)40-28)37-24-13-11-22(12-14-24)27(31(43)44)33(2,3)4/h11-14,17-19,21,27H,6-10,15-16H2,1-5H3,(H,34,42)(H,38,40)(H,43,44)(H,36,37,39). The molecule has 1 atom stereocenters. The van der Waals surface area contributed by atoms with Gasteiger partial charge in [-0.25, -0.2) is 9.67 Å². The van der Waals surface area contributed by atoms with Gasteiger partial charge in [-0.05, 0) is 48.4 Å². The number of aliphatic carboxylic acids is 1. The number of aromatic nitrogens is 5. The molecule has 4 N–H and O–H groups in total. The second-order valence-electron chi connectivity index (χ2n) is 12.8. The fourth-order valence-corrected chi connectivity index (χ4v) is 5.97. The lowest BCUT2D eigenvalue weighted by Gasteiger charge is -2.27. The first-order valence-electron chi connectivity index (χ1n) is 15.3. The Labute approximate surface area is 257 Å². The highest BCUT2D eigenvalue weighted by Crippen LogP contribution is 2.36. The van der Waals surface area contributed by atoms with Crippen molar-refractivity contribution < 1.29 is 14.7 Å². The second-order valence-corrected chi connectivity index (χ2v) is 12.8. The number of benzene rings is 1. The third-order valence-electron chi connectivity index (χ3n) is 8.36. The van der Waals surface area contributed by atoms with Crippen LogP contribution in [0.2, 0.25) is 0 Å². The summed E-state index contributed by atoms with van der Waals surface area (Å²) in [6.45, 7) is 8.30. The van der Waals surface area contributed by atoms with E-state index >= 15 is 0 Å². The first-order valence-corrected chi connectivity index (χ1v) is 15.3. The van der Waals surface area contributed by atoms with Crippen LogP contribution in [-0.4, -0.2) is 48.3 Å². The fraction of sp³-hybridized carbons (Fsp3) is 0.455. The first-order chi connectivity index (χ1) is 21.0. The molecule has 3 aromatic heterocycles. The van der Waals surface area contributed by atoms with Crippen LogP contribution in [0.4, 0.5) is 23.1 Å². The van der Waals surface area contributed by atoms with Gasteiger partial charge in [0, 0.05) is 31.7 Å². The Hall–Kier alpha value is -4.54. The average molecular weight is 599 g/mol. The van der Waals surface area contributed by atoms with Crippen LogP contribution in [-0.2, 0) is 11.8 Å². The monoisotopic (exact) mass is 598 g/mol. The molecule has 11 nitrogen and oxygen atoms in total. The number of carbonyl (C=O) groups is 2. The topological polar surface area (TPSA) is 147 Å². The number of carbonyl (C=O) groups excluding carboxylic acids is 1. The lowest BCUT2D eigenvalue weighted by Crippen LogP contribution is -2.26. The minimum Gasteiger partial charge on any atom is -0.481 e. The highest BCUT2D eigenvalue weighted by molar-refractivity contribution is 5.96. The van der Waals surface area contributed by atoms with Gasteiger partial charge in [0.15, 0.2) is 11.5 Å². The predicted molar refractivity (Wildman–Crippen MR) is 172 cm³/mol. The maximum Gasteiger partial charge on any atom is 0.311 e. The van der Waals surface area contributed by atoms with Crippen LogP contribution in [0.1, 0.15) is 86.8 Å². The molecule has 232 valence electrons. The Morgan fingerprint density at radius 3 is 2.45 bits per heavy atom. The number of aryl methyl sites for hydroxylation is 2. The van der Waals surface area contributed by atoms with Crippen molar-refractivity contribution in [2.45, 2.75) is 72.1 Å². The summed E-state index contributed by atoms with van der Waals surface area (Å²) in [5.74, 6) is 0.0443. The molecule has 1 saturated carbocycles. The van der Waals surface area contributed by atoms with Gasteiger partial charge in [0.05, 0.1) is 28.2 Å². The smallest absolute Gasteiger partial charge is 0.311 e. The summed E-state index contributed by atoms with van der Waals surface area (Å²) in [5.41, 5.74) is 3.58. The molecular weight excluding hydrogens is 556 g/mol. The van der Waals surface area contributed by atoms with Gasteiger partial charge in [-0.2, -0.15) is 10.1 Å². The number of carboxylic acids is 1. The molecular formula is C33H42N8O3. The summed E-state index contributed by atoms with van der Waals surface area (Å²) in [7, 11) is 1.80. The van der Waals surface area contributed by atoms with Crippen LogP contribution in [0.5, 0.6) is 0 Å². The largest absolute Gasteiger partial charge is 0.481 e. The Balaban J connectivity index is 1.27. The lowest BCUT2D eigenvalue weighted by molar-refractivity contribution is -0.141. The van der Waals surface area contributed by atoms with Crippen LogP contribution in [0.3, 0.4) is 0 Å². The average Bonchev–Trinajstić information content (AvgIpc) is 3.28. The van der Waals surface area contributed by atoms with Crippen molar-refractivity contribution in [1.82, 2.24) is 30.0 Å². The van der Waals surface area contributed by atoms with Crippen LogP contribution < -0.4 is 16.0 Å². The number of hydrogen-bond donors (Lipinski definition) is 4. The number of rotatable bonds is 10. The Morgan fingerprint density at radius 2 is 1.77 bits per heavy atom. The highest BCUT2D eigenvalue weighted by atomic mass is 16.4. The van der Waals surface area contributed by atoms with Crippen LogP contribution in [0.15, 0.2) is 42.7 Å². The van der Waals surface area contributed by atoms with Gasteiger partial charge in [-0.15, -0.1) is 0 Å². The maximum atomic E-state index is 12.9. The Kier molecular flexibility index (Phi) is 9.12. The number of hydrogen-bond acceptors (Lipinski definition) is 8. The third-order valence-corrected chi connectivity index (χ3v) is 8.36. The molecule has 1 aliphatic carbocycles. The maximum absolute atomic E-state index is 12.9. The summed E-state index contributed by atoms with van der Waals surface area (Å²) in [6.07, 6.45) is 10.7. The van der Waals surface area contributed by atoms with Gasteiger partial charge in [0.1, 0.15) is 0 Å². The van der Waals surface area contributed by atoms with E-state index in [4.69, 9.17) is 0 Å². The van der Waals surface area contributed by atoms with Crippen molar-refractivity contribution in [3.8, 4) is 0 Å². The van der Waals surface area contributed by atoms with E-state index in [0.29, 0.717) is 46.5 Å². The van der Waals surface area contributed by atoms with Crippen molar-refractivity contribution in [1.29, 1.82) is 0 Å². The number of nitrogens with one attached hydrogen (secondary N) is 3. The van der Waals surface area contributed by atoms with Gasteiger partial charge < -0.3 is 21.1 Å². The molecule has 1 amide bonds. The van der Waals surface area contributed by atoms with E-state index in [1.165, 1.54) is 32.1 Å². The number of carboxylic acid groups (broad SMARTS) is 1. The predicted octanol–water partition coefficient (Wildman–Crippen LogP) is 6.47. The molecule has 44 heavy (non-hydrogen) atoms. The zero-order valence-electron chi connectivity index (χ0n) is 26.1. The van der Waals surface area contributed by atoms with Crippen LogP contribution in [0, 0.1) is 18.3 Å². The summed E-state index contributed by atoms with van der Waals surface area (Å²) < 4.78 is 1.67. The molecule has 1 aromatic carbocycles. The zero-order chi connectivity index (χ0) is 31.4. The van der Waals surface area contributed by atoms with Gasteiger partial charge in [0.25, 0.3) is 5.91 Å². The normalized spacial score (nSPS) is 14.8. The van der Waals surface area contributed by atoms with E-state index in [0.717, 1.165) is 23.4 Å². The number of amides is 1. The highest BCUT2D eigenvalue weighted by Gasteiger charge is 2.32. The van der Waals surface area contributed by atoms with E-state index < -0.39 is 17.3 Å². The molecule has 0 bridgehead atoms. The molecule has 3 heterocycles. The zero-order valence-corrected chi connectivity index (χ0v) is 26.1. The quantitative estimate of drug-likeness (QED) is 0.161. The fourth-order valence-electron chi connectivity index (χ4n) is 5.97. The van der Waals surface area contributed by atoms with E-state index in [9.17, 15) is 14.7 Å². The molecule has 11 heteroatoms. The number of anilines is 4. The van der Waals surface area contributed by atoms with Crippen molar-refractivity contribution >= 4 is 46.1 Å². The molecule has 1 unspecified atom stereocenters. The Bertz CT molecular complexity index is 1640. The lowest BCUT2D eigenvalue weighted by atomic mass is 9.76. The molecule has 0 spiro atoms. The summed E-state index contributed by atoms with van der Waals surface area (Å²) in [5, 5.41) is 24.6. The second kappa shape index (κ2) is 13.0. The summed E-state index contributed by atoms with van der Waals surface area (Å²) >= 11 is 0. The van der Waals surface area contributed by atoms with E-state index in [1.54, 1.807) is 30.2 Å². The SMILES string of the molecule is Cc1ncc(C(=O)NCCC2CCCCC2)cc1Nc1nn(C)c2nc(Nc3ccc(C(C(=O)O)C(C)(C)C)cc3)ncc12. The molecule has 0 aliphatic heterocycles. The summed E-state index contributed by atoms with van der Waals surface area (Å²) in [6, 6.07) is 9.09. The minimum atomic E-state index is -0.849. The van der Waals surface area contributed by atoms with Crippen molar-refractivity contribution in [3.63, 3.8) is 0 Å². The van der Waals surface area contributed by atoms with Gasteiger partial charge >= 0.3 is 5.97 Å². The summed E-state index contributed by atoms with van der Waals surface area (Å²) in [4.78, 5) is 38.4. The van der Waals surface area contributed by atoms with Crippen molar-refractivity contribution in [2.24, 2.45) is 18.4 Å². The van der Waals surface area contributed by atoms with Crippen LogP contribution in [0.25, 0.3) is 11.0 Å². The Morgan fingerprint density at radius 1 is 1.05 bits per heavy atom.